The average molecular weight is 250 g/mol. The lowest BCUT2D eigenvalue weighted by Gasteiger charge is -2.05. The number of hydrogen-bond donors (Lipinski definition) is 1. The van der Waals surface area contributed by atoms with Crippen molar-refractivity contribution in [2.45, 2.75) is 6.54 Å². The maximum Gasteiger partial charge on any atom is 0.101 e. The average Bonchev–Trinajstić information content (AvgIpc) is 2.79. The van der Waals surface area contributed by atoms with Crippen molar-refractivity contribution in [2.75, 3.05) is 5.32 Å². The summed E-state index contributed by atoms with van der Waals surface area (Å²) < 4.78 is 0. The third-order valence-corrected chi connectivity index (χ3v) is 2.99. The first-order chi connectivity index (χ1) is 7.79. The molecular formula is C11H8ClN3S. The molecule has 1 aromatic heterocycles. The van der Waals surface area contributed by atoms with Gasteiger partial charge in [-0.25, -0.2) is 4.98 Å². The number of aromatic nitrogens is 1. The number of benzene rings is 1. The van der Waals surface area contributed by atoms with Gasteiger partial charge in [0.25, 0.3) is 0 Å². The van der Waals surface area contributed by atoms with Crippen LogP contribution in [0.1, 0.15) is 11.3 Å². The second kappa shape index (κ2) is 4.97. The highest BCUT2D eigenvalue weighted by atomic mass is 35.5. The molecule has 5 heteroatoms. The van der Waals surface area contributed by atoms with Crippen molar-refractivity contribution >= 4 is 28.6 Å². The number of nitrogens with one attached hydrogen (secondary N) is 1. The lowest BCUT2D eigenvalue weighted by molar-refractivity contribution is 1.07. The van der Waals surface area contributed by atoms with Crippen LogP contribution in [0.4, 0.5) is 5.69 Å². The Balaban J connectivity index is 2.06. The van der Waals surface area contributed by atoms with Gasteiger partial charge in [0.2, 0.25) is 0 Å². The van der Waals surface area contributed by atoms with Gasteiger partial charge < -0.3 is 5.32 Å². The fourth-order valence-corrected chi connectivity index (χ4v) is 2.01. The van der Waals surface area contributed by atoms with Crippen LogP contribution in [0, 0.1) is 11.3 Å². The van der Waals surface area contributed by atoms with Gasteiger partial charge in [-0.05, 0) is 18.2 Å². The van der Waals surface area contributed by atoms with Crippen LogP contribution in [0.15, 0.2) is 29.1 Å². The Kier molecular flexibility index (Phi) is 3.40. The maximum atomic E-state index is 8.73. The lowest BCUT2D eigenvalue weighted by Crippen LogP contribution is -1.99. The smallest absolute Gasteiger partial charge is 0.101 e. The summed E-state index contributed by atoms with van der Waals surface area (Å²) in [5.41, 5.74) is 4.16. The van der Waals surface area contributed by atoms with Crippen LogP contribution in [0.25, 0.3) is 0 Å². The first kappa shape index (κ1) is 10.9. The van der Waals surface area contributed by atoms with Crippen molar-refractivity contribution in [3.8, 4) is 6.07 Å². The fraction of sp³-hybridized carbons (Fsp3) is 0.0909. The first-order valence-corrected chi connectivity index (χ1v) is 5.92. The number of anilines is 1. The van der Waals surface area contributed by atoms with Crippen molar-refractivity contribution in [3.63, 3.8) is 0 Å². The molecule has 1 aromatic carbocycles. The molecule has 0 radical (unpaired) electrons. The van der Waals surface area contributed by atoms with Crippen LogP contribution < -0.4 is 5.32 Å². The molecule has 0 amide bonds. The van der Waals surface area contributed by atoms with E-state index >= 15 is 0 Å². The van der Waals surface area contributed by atoms with Crippen LogP contribution in [0.2, 0.25) is 5.02 Å². The van der Waals surface area contributed by atoms with Gasteiger partial charge in [0.05, 0.1) is 28.3 Å². The Bertz CT molecular complexity index is 517. The van der Waals surface area contributed by atoms with E-state index in [0.29, 0.717) is 17.1 Å². The molecule has 0 bridgehead atoms. The number of nitrogens with zero attached hydrogens (tertiary/aromatic N) is 2. The highest BCUT2D eigenvalue weighted by molar-refractivity contribution is 7.07. The number of hydrogen-bond acceptors (Lipinski definition) is 4. The predicted octanol–water partition coefficient (Wildman–Crippen LogP) is 3.28. The SMILES string of the molecule is N#Cc1ccc(NCc2cscn2)cc1Cl. The molecule has 0 atom stereocenters. The van der Waals surface area contributed by atoms with Gasteiger partial charge >= 0.3 is 0 Å². The van der Waals surface area contributed by atoms with Gasteiger partial charge in [-0.3, -0.25) is 0 Å². The quantitative estimate of drug-likeness (QED) is 0.908. The third kappa shape index (κ3) is 2.51. The molecule has 0 aliphatic heterocycles. The molecule has 3 nitrogen and oxygen atoms in total. The summed E-state index contributed by atoms with van der Waals surface area (Å²) in [5, 5.41) is 14.4. The van der Waals surface area contributed by atoms with Gasteiger partial charge in [-0.15, -0.1) is 11.3 Å². The molecule has 0 aliphatic carbocycles. The standard InChI is InChI=1S/C11H8ClN3S/c12-11-3-9(2-1-8(11)4-13)14-5-10-6-16-7-15-10/h1-3,6-7,14H,5H2. The second-order valence-corrected chi connectivity index (χ2v) is 4.27. The highest BCUT2D eigenvalue weighted by Gasteiger charge is 2.01. The summed E-state index contributed by atoms with van der Waals surface area (Å²) in [4.78, 5) is 4.16. The summed E-state index contributed by atoms with van der Waals surface area (Å²) in [6.07, 6.45) is 0. The number of thiazole rings is 1. The number of nitriles is 1. The van der Waals surface area contributed by atoms with E-state index in [4.69, 9.17) is 16.9 Å². The van der Waals surface area contributed by atoms with E-state index in [1.807, 2.05) is 17.5 Å². The molecule has 1 N–H and O–H groups in total. The molecule has 0 unspecified atom stereocenters. The minimum absolute atomic E-state index is 0.464. The Labute approximate surface area is 102 Å². The molecule has 0 aliphatic rings. The summed E-state index contributed by atoms with van der Waals surface area (Å²) in [5.74, 6) is 0. The van der Waals surface area contributed by atoms with Crippen molar-refractivity contribution in [2.24, 2.45) is 0 Å². The summed E-state index contributed by atoms with van der Waals surface area (Å²) >= 11 is 7.48. The minimum Gasteiger partial charge on any atom is -0.379 e. The maximum absolute atomic E-state index is 8.73. The van der Waals surface area contributed by atoms with Gasteiger partial charge in [-0.2, -0.15) is 5.26 Å². The van der Waals surface area contributed by atoms with E-state index in [-0.39, 0.29) is 0 Å². The number of rotatable bonds is 3. The van der Waals surface area contributed by atoms with Crippen molar-refractivity contribution in [1.29, 1.82) is 5.26 Å². The van der Waals surface area contributed by atoms with Crippen molar-refractivity contribution < 1.29 is 0 Å². The van der Waals surface area contributed by atoms with Crippen molar-refractivity contribution in [1.82, 2.24) is 4.98 Å². The molecule has 0 fully saturated rings. The van der Waals surface area contributed by atoms with E-state index in [0.717, 1.165) is 11.4 Å². The summed E-state index contributed by atoms with van der Waals surface area (Å²) in [7, 11) is 0. The monoisotopic (exact) mass is 249 g/mol. The van der Waals surface area contributed by atoms with E-state index in [9.17, 15) is 0 Å². The van der Waals surface area contributed by atoms with Crippen LogP contribution in [-0.4, -0.2) is 4.98 Å². The minimum atomic E-state index is 0.464. The largest absolute Gasteiger partial charge is 0.379 e. The lowest BCUT2D eigenvalue weighted by atomic mass is 10.2. The summed E-state index contributed by atoms with van der Waals surface area (Å²) in [6.45, 7) is 0.658. The second-order valence-electron chi connectivity index (χ2n) is 3.14. The van der Waals surface area contributed by atoms with Crippen molar-refractivity contribution in [3.05, 3.63) is 45.4 Å². The van der Waals surface area contributed by atoms with Crippen LogP contribution in [0.5, 0.6) is 0 Å². The zero-order valence-electron chi connectivity index (χ0n) is 8.27. The highest BCUT2D eigenvalue weighted by Crippen LogP contribution is 2.20. The van der Waals surface area contributed by atoms with Gasteiger partial charge in [0.15, 0.2) is 0 Å². The van der Waals surface area contributed by atoms with Gasteiger partial charge in [0, 0.05) is 11.1 Å². The topological polar surface area (TPSA) is 48.7 Å². The van der Waals surface area contributed by atoms with E-state index < -0.39 is 0 Å². The molecule has 0 saturated carbocycles. The molecular weight excluding hydrogens is 242 g/mol. The molecule has 16 heavy (non-hydrogen) atoms. The van der Waals surface area contributed by atoms with E-state index in [1.54, 1.807) is 29.0 Å². The first-order valence-electron chi connectivity index (χ1n) is 4.60. The molecule has 0 spiro atoms. The number of halogens is 1. The Morgan fingerprint density at radius 3 is 3.00 bits per heavy atom. The Morgan fingerprint density at radius 2 is 2.38 bits per heavy atom. The van der Waals surface area contributed by atoms with Gasteiger partial charge in [-0.1, -0.05) is 11.6 Å². The Morgan fingerprint density at radius 1 is 1.50 bits per heavy atom. The van der Waals surface area contributed by atoms with E-state index in [2.05, 4.69) is 10.3 Å². The van der Waals surface area contributed by atoms with Crippen LogP contribution in [0.3, 0.4) is 0 Å². The van der Waals surface area contributed by atoms with Crippen LogP contribution in [-0.2, 0) is 6.54 Å². The predicted molar refractivity (Wildman–Crippen MR) is 65.6 cm³/mol. The molecule has 1 heterocycles. The third-order valence-electron chi connectivity index (χ3n) is 2.05. The van der Waals surface area contributed by atoms with Crippen LogP contribution >= 0.6 is 22.9 Å². The van der Waals surface area contributed by atoms with E-state index in [1.165, 1.54) is 0 Å². The molecule has 2 aromatic rings. The van der Waals surface area contributed by atoms with Gasteiger partial charge in [0.1, 0.15) is 6.07 Å². The zero-order chi connectivity index (χ0) is 11.4. The summed E-state index contributed by atoms with van der Waals surface area (Å²) in [6, 6.07) is 7.29. The molecule has 2 rings (SSSR count). The zero-order valence-corrected chi connectivity index (χ0v) is 9.85. The Hall–Kier alpha value is -1.57. The molecule has 80 valence electrons. The fourth-order valence-electron chi connectivity index (χ4n) is 1.23. The normalized spacial score (nSPS) is 9.75. The molecule has 0 saturated heterocycles.